The fourth-order valence-corrected chi connectivity index (χ4v) is 10.2. The van der Waals surface area contributed by atoms with Gasteiger partial charge in [-0.15, -0.1) is 0 Å². The lowest BCUT2D eigenvalue weighted by molar-refractivity contribution is -0.167. The van der Waals surface area contributed by atoms with Crippen LogP contribution >= 0.6 is 0 Å². The van der Waals surface area contributed by atoms with Crippen molar-refractivity contribution in [2.24, 2.45) is 0 Å². The molecule has 0 rings (SSSR count). The topological polar surface area (TPSA) is 78.9 Å². The summed E-state index contributed by atoms with van der Waals surface area (Å²) in [6, 6.07) is 0. The second kappa shape index (κ2) is 66.6. The Morgan fingerprint density at radius 2 is 0.500 bits per heavy atom. The number of ether oxygens (including phenoxy) is 3. The number of hydrogen-bond acceptors (Lipinski definition) is 6. The fraction of sp³-hybridized carbons (Fsp3) is 0.819. The molecule has 0 amide bonds. The molecule has 6 heteroatoms. The Balaban J connectivity index is 3.90. The number of carbonyl (C=O) groups excluding carboxylic acids is 3. The van der Waals surface area contributed by atoms with Crippen LogP contribution in [0.3, 0.4) is 0 Å². The van der Waals surface area contributed by atoms with Crippen LogP contribution in [0.2, 0.25) is 0 Å². The van der Waals surface area contributed by atoms with Crippen LogP contribution in [-0.2, 0) is 28.6 Å². The van der Waals surface area contributed by atoms with E-state index in [1.807, 2.05) is 0 Å². The van der Waals surface area contributed by atoms with Gasteiger partial charge in [0.15, 0.2) is 6.10 Å². The molecule has 0 radical (unpaired) electrons. The van der Waals surface area contributed by atoms with Crippen LogP contribution in [0.5, 0.6) is 0 Å². The van der Waals surface area contributed by atoms with Crippen LogP contribution in [0.15, 0.2) is 60.8 Å². The highest BCUT2D eigenvalue weighted by molar-refractivity contribution is 5.71. The molecule has 6 nitrogen and oxygen atoms in total. The number of unbranched alkanes of at least 4 members (excludes halogenated alkanes) is 42. The first kappa shape index (κ1) is 75.1. The van der Waals surface area contributed by atoms with Gasteiger partial charge < -0.3 is 14.2 Å². The Morgan fingerprint density at radius 3 is 0.782 bits per heavy atom. The first-order chi connectivity index (χ1) is 38.5. The number of hydrogen-bond donors (Lipinski definition) is 0. The van der Waals surface area contributed by atoms with E-state index < -0.39 is 6.10 Å². The molecule has 0 aliphatic heterocycles. The lowest BCUT2D eigenvalue weighted by atomic mass is 10.0. The van der Waals surface area contributed by atoms with Gasteiger partial charge in [-0.05, 0) is 64.2 Å². The summed E-state index contributed by atoms with van der Waals surface area (Å²) in [5.74, 6) is -0.858. The summed E-state index contributed by atoms with van der Waals surface area (Å²) >= 11 is 0. The molecular formula is C72H130O6. The van der Waals surface area contributed by atoms with Crippen molar-refractivity contribution in [1.82, 2.24) is 0 Å². The van der Waals surface area contributed by atoms with E-state index in [-0.39, 0.29) is 31.1 Å². The number of allylic oxidation sites excluding steroid dienone is 10. The third-order valence-corrected chi connectivity index (χ3v) is 15.3. The molecule has 0 saturated carbocycles. The largest absolute Gasteiger partial charge is 0.462 e. The first-order valence-corrected chi connectivity index (χ1v) is 34.3. The van der Waals surface area contributed by atoms with Crippen molar-refractivity contribution in [1.29, 1.82) is 0 Å². The summed E-state index contributed by atoms with van der Waals surface area (Å²) in [6.45, 7) is 6.50. The minimum atomic E-state index is -0.766. The predicted octanol–water partition coefficient (Wildman–Crippen LogP) is 23.5. The molecule has 0 aromatic carbocycles. The van der Waals surface area contributed by atoms with Crippen LogP contribution in [0.1, 0.15) is 361 Å². The van der Waals surface area contributed by atoms with Crippen LogP contribution in [0, 0.1) is 0 Å². The van der Waals surface area contributed by atoms with Crippen LogP contribution in [0.25, 0.3) is 0 Å². The van der Waals surface area contributed by atoms with Crippen LogP contribution in [0.4, 0.5) is 0 Å². The monoisotopic (exact) mass is 1090 g/mol. The number of carbonyl (C=O) groups is 3. The summed E-state index contributed by atoms with van der Waals surface area (Å²) in [4.78, 5) is 38.0. The predicted molar refractivity (Wildman–Crippen MR) is 339 cm³/mol. The fourth-order valence-electron chi connectivity index (χ4n) is 10.2. The third-order valence-electron chi connectivity index (χ3n) is 15.3. The van der Waals surface area contributed by atoms with Crippen molar-refractivity contribution in [2.75, 3.05) is 13.2 Å². The quantitative estimate of drug-likeness (QED) is 0.0261. The minimum Gasteiger partial charge on any atom is -0.462 e. The zero-order chi connectivity index (χ0) is 56.4. The minimum absolute atomic E-state index is 0.0675. The smallest absolute Gasteiger partial charge is 0.306 e. The summed E-state index contributed by atoms with van der Waals surface area (Å²) in [6.07, 6.45) is 85.9. The standard InChI is InChI=1S/C72H130O6/c1-4-7-10-13-15-17-19-21-23-25-27-29-30-31-32-33-34-35-36-37-38-39-40-41-42-43-45-46-48-50-52-54-56-59-62-65-71(74)77-68-69(67-76-70(73)64-61-58-12-9-6-3)78-72(75)66-63-60-57-55-53-51-49-47-44-28-26-24-22-20-18-16-14-11-8-5-2/h7,10,15,17,21,23,27,29,31-32,69H,4-6,8-9,11-14,16,18-20,22,24-26,28,30,33-68H2,1-3H3/b10-7-,17-15-,23-21-,29-27-,32-31-. The molecule has 1 unspecified atom stereocenters. The van der Waals surface area contributed by atoms with Gasteiger partial charge in [-0.1, -0.05) is 338 Å². The molecule has 0 spiro atoms. The highest BCUT2D eigenvalue weighted by Crippen LogP contribution is 2.18. The van der Waals surface area contributed by atoms with Crippen molar-refractivity contribution in [3.05, 3.63) is 60.8 Å². The highest BCUT2D eigenvalue weighted by atomic mass is 16.6. The van der Waals surface area contributed by atoms with Crippen molar-refractivity contribution >= 4 is 17.9 Å². The van der Waals surface area contributed by atoms with Gasteiger partial charge in [-0.25, -0.2) is 0 Å². The molecule has 0 aromatic rings. The zero-order valence-corrected chi connectivity index (χ0v) is 52.2. The zero-order valence-electron chi connectivity index (χ0n) is 52.2. The van der Waals surface area contributed by atoms with Crippen LogP contribution < -0.4 is 0 Å². The first-order valence-electron chi connectivity index (χ1n) is 34.3. The van der Waals surface area contributed by atoms with E-state index in [2.05, 4.69) is 81.5 Å². The maximum Gasteiger partial charge on any atom is 0.306 e. The normalized spacial score (nSPS) is 12.4. The van der Waals surface area contributed by atoms with Gasteiger partial charge in [-0.3, -0.25) is 14.4 Å². The van der Waals surface area contributed by atoms with E-state index in [4.69, 9.17) is 14.2 Å². The number of esters is 3. The van der Waals surface area contributed by atoms with Gasteiger partial charge in [0.25, 0.3) is 0 Å². The van der Waals surface area contributed by atoms with Crippen molar-refractivity contribution in [3.8, 4) is 0 Å². The van der Waals surface area contributed by atoms with E-state index in [1.165, 1.54) is 225 Å². The molecule has 0 aromatic heterocycles. The maximum absolute atomic E-state index is 12.8. The van der Waals surface area contributed by atoms with Gasteiger partial charge in [0, 0.05) is 19.3 Å². The van der Waals surface area contributed by atoms with Crippen molar-refractivity contribution < 1.29 is 28.6 Å². The molecule has 0 aliphatic rings. The molecule has 0 aliphatic carbocycles. The molecule has 78 heavy (non-hydrogen) atoms. The summed E-state index contributed by atoms with van der Waals surface area (Å²) in [5.41, 5.74) is 0. The van der Waals surface area contributed by atoms with E-state index >= 15 is 0 Å². The molecule has 0 heterocycles. The summed E-state index contributed by atoms with van der Waals surface area (Å²) < 4.78 is 16.8. The molecule has 0 N–H and O–H groups in total. The van der Waals surface area contributed by atoms with Gasteiger partial charge in [0.05, 0.1) is 0 Å². The summed E-state index contributed by atoms with van der Waals surface area (Å²) in [5, 5.41) is 0. The van der Waals surface area contributed by atoms with Gasteiger partial charge in [0.2, 0.25) is 0 Å². The lowest BCUT2D eigenvalue weighted by Gasteiger charge is -2.18. The second-order valence-corrected chi connectivity index (χ2v) is 23.1. The molecule has 0 bridgehead atoms. The Bertz CT molecular complexity index is 1390. The molecular weight excluding hydrogens is 961 g/mol. The molecule has 0 saturated heterocycles. The second-order valence-electron chi connectivity index (χ2n) is 23.1. The Labute approximate surface area is 485 Å². The third kappa shape index (κ3) is 63.9. The highest BCUT2D eigenvalue weighted by Gasteiger charge is 2.19. The molecule has 0 fully saturated rings. The van der Waals surface area contributed by atoms with Gasteiger partial charge >= 0.3 is 17.9 Å². The number of rotatable bonds is 63. The van der Waals surface area contributed by atoms with Gasteiger partial charge in [-0.2, -0.15) is 0 Å². The average Bonchev–Trinajstić information content (AvgIpc) is 3.44. The van der Waals surface area contributed by atoms with Crippen molar-refractivity contribution in [3.63, 3.8) is 0 Å². The van der Waals surface area contributed by atoms with Gasteiger partial charge in [0.1, 0.15) is 13.2 Å². The van der Waals surface area contributed by atoms with Crippen LogP contribution in [-0.4, -0.2) is 37.2 Å². The van der Waals surface area contributed by atoms with E-state index in [1.54, 1.807) is 0 Å². The van der Waals surface area contributed by atoms with E-state index in [0.29, 0.717) is 19.3 Å². The lowest BCUT2D eigenvalue weighted by Crippen LogP contribution is -2.30. The van der Waals surface area contributed by atoms with Crippen molar-refractivity contribution in [2.45, 2.75) is 367 Å². The Hall–Kier alpha value is -2.89. The molecule has 454 valence electrons. The van der Waals surface area contributed by atoms with E-state index in [9.17, 15) is 14.4 Å². The SMILES string of the molecule is CC/C=C\C/C=C\C/C=C\C/C=C\C/C=C\CCCCCCCCCCCCCCCCCCCCCC(=O)OCC(COC(=O)CCCCCCC)OC(=O)CCCCCCCCCCCCCCCCCCCCCC. The molecule has 1 atom stereocenters. The average molecular weight is 1090 g/mol. The van der Waals surface area contributed by atoms with E-state index in [0.717, 1.165) is 96.3 Å². The summed E-state index contributed by atoms with van der Waals surface area (Å²) in [7, 11) is 0. The Morgan fingerprint density at radius 1 is 0.269 bits per heavy atom. The Kier molecular flexibility index (Phi) is 64.2. The maximum atomic E-state index is 12.8.